The van der Waals surface area contributed by atoms with Crippen LogP contribution in [-0.4, -0.2) is 21.0 Å². The van der Waals surface area contributed by atoms with Crippen molar-refractivity contribution in [3.63, 3.8) is 0 Å². The number of nitrogens with one attached hydrogen (secondary N) is 1. The van der Waals surface area contributed by atoms with E-state index < -0.39 is 11.7 Å². The van der Waals surface area contributed by atoms with Gasteiger partial charge in [-0.15, -0.1) is 0 Å². The van der Waals surface area contributed by atoms with Gasteiger partial charge in [0, 0.05) is 36.5 Å². The number of rotatable bonds is 6. The Labute approximate surface area is 150 Å². The molecule has 0 saturated heterocycles. The summed E-state index contributed by atoms with van der Waals surface area (Å²) >= 11 is 0. The van der Waals surface area contributed by atoms with Gasteiger partial charge in [-0.1, -0.05) is 25.1 Å². The van der Waals surface area contributed by atoms with Crippen molar-refractivity contribution in [2.75, 3.05) is 0 Å². The minimum Gasteiger partial charge on any atom is -0.361 e. The Morgan fingerprint density at radius 1 is 1.15 bits per heavy atom. The molecule has 2 heterocycles. The minimum absolute atomic E-state index is 0.0156. The number of halogens is 1. The van der Waals surface area contributed by atoms with Crippen LogP contribution in [0.2, 0.25) is 0 Å². The molecule has 1 aromatic carbocycles. The van der Waals surface area contributed by atoms with Gasteiger partial charge in [-0.05, 0) is 24.1 Å². The number of carbonyl (C=O) groups excluding carboxylic acids is 1. The summed E-state index contributed by atoms with van der Waals surface area (Å²) in [7, 11) is 0. The van der Waals surface area contributed by atoms with Gasteiger partial charge in [-0.3, -0.25) is 4.79 Å². The first kappa shape index (κ1) is 17.7. The van der Waals surface area contributed by atoms with Gasteiger partial charge in [-0.25, -0.2) is 14.4 Å². The van der Waals surface area contributed by atoms with E-state index in [1.165, 1.54) is 18.5 Å². The highest BCUT2D eigenvalue weighted by molar-refractivity contribution is 5.95. The quantitative estimate of drug-likeness (QED) is 0.734. The molecule has 3 aromatic rings. The Kier molecular flexibility index (Phi) is 5.36. The summed E-state index contributed by atoms with van der Waals surface area (Å²) in [5, 5.41) is 6.75. The van der Waals surface area contributed by atoms with Crippen molar-refractivity contribution in [3.8, 4) is 11.1 Å². The summed E-state index contributed by atoms with van der Waals surface area (Å²) in [6, 6.07) is 4.44. The van der Waals surface area contributed by atoms with E-state index in [4.69, 9.17) is 4.52 Å². The molecule has 0 atom stereocenters. The first-order chi connectivity index (χ1) is 12.6. The Morgan fingerprint density at radius 3 is 2.58 bits per heavy atom. The Balaban J connectivity index is 1.76. The molecule has 0 radical (unpaired) electrons. The Bertz CT molecular complexity index is 888. The predicted octanol–water partition coefficient (Wildman–Crippen LogP) is 3.33. The third-order valence-electron chi connectivity index (χ3n) is 4.14. The lowest BCUT2D eigenvalue weighted by Crippen LogP contribution is -2.24. The third kappa shape index (κ3) is 3.61. The molecule has 3 rings (SSSR count). The van der Waals surface area contributed by atoms with Crippen LogP contribution in [0.5, 0.6) is 0 Å². The van der Waals surface area contributed by atoms with Crippen LogP contribution in [0.15, 0.2) is 41.4 Å². The highest BCUT2D eigenvalue weighted by atomic mass is 19.1. The number of carbonyl (C=O) groups is 1. The molecule has 0 bridgehead atoms. The maximum absolute atomic E-state index is 14.4. The third-order valence-corrected chi connectivity index (χ3v) is 4.14. The molecule has 0 unspecified atom stereocenters. The average Bonchev–Trinajstić information content (AvgIpc) is 3.08. The normalized spacial score (nSPS) is 10.7. The molecule has 26 heavy (non-hydrogen) atoms. The van der Waals surface area contributed by atoms with E-state index in [1.54, 1.807) is 18.5 Å². The van der Waals surface area contributed by atoms with Crippen molar-refractivity contribution in [2.45, 2.75) is 33.2 Å². The van der Waals surface area contributed by atoms with Crippen LogP contribution >= 0.6 is 0 Å². The van der Waals surface area contributed by atoms with Crippen LogP contribution in [0, 0.1) is 5.82 Å². The molecule has 1 amide bonds. The summed E-state index contributed by atoms with van der Waals surface area (Å²) in [4.78, 5) is 20.2. The Hall–Kier alpha value is -3.09. The molecule has 0 aliphatic carbocycles. The molecule has 2 aromatic heterocycles. The van der Waals surface area contributed by atoms with Crippen molar-refractivity contribution in [1.29, 1.82) is 0 Å². The summed E-state index contributed by atoms with van der Waals surface area (Å²) in [5.74, 6) is -0.341. The average molecular weight is 354 g/mol. The predicted molar refractivity (Wildman–Crippen MR) is 93.9 cm³/mol. The lowest BCUT2D eigenvalue weighted by Gasteiger charge is -2.08. The largest absolute Gasteiger partial charge is 0.361 e. The van der Waals surface area contributed by atoms with E-state index in [0.717, 1.165) is 17.0 Å². The molecular weight excluding hydrogens is 335 g/mol. The topological polar surface area (TPSA) is 80.9 Å². The second kappa shape index (κ2) is 7.86. The van der Waals surface area contributed by atoms with Crippen LogP contribution in [0.1, 0.15) is 41.2 Å². The fourth-order valence-corrected chi connectivity index (χ4v) is 2.73. The number of benzene rings is 1. The first-order valence-corrected chi connectivity index (χ1v) is 8.43. The zero-order chi connectivity index (χ0) is 18.5. The van der Waals surface area contributed by atoms with E-state index in [9.17, 15) is 9.18 Å². The van der Waals surface area contributed by atoms with Crippen molar-refractivity contribution in [1.82, 2.24) is 20.4 Å². The van der Waals surface area contributed by atoms with E-state index in [-0.39, 0.29) is 12.1 Å². The summed E-state index contributed by atoms with van der Waals surface area (Å²) in [5.41, 5.74) is 2.95. The van der Waals surface area contributed by atoms with Crippen molar-refractivity contribution in [3.05, 3.63) is 65.3 Å². The second-order valence-corrected chi connectivity index (χ2v) is 5.74. The van der Waals surface area contributed by atoms with Crippen molar-refractivity contribution < 1.29 is 13.7 Å². The molecule has 1 N–H and O–H groups in total. The number of aryl methyl sites for hydroxylation is 2. The molecule has 0 saturated carbocycles. The van der Waals surface area contributed by atoms with Crippen LogP contribution in [0.4, 0.5) is 4.39 Å². The maximum Gasteiger partial charge on any atom is 0.254 e. The van der Waals surface area contributed by atoms with Gasteiger partial charge in [0.15, 0.2) is 0 Å². The smallest absolute Gasteiger partial charge is 0.254 e. The van der Waals surface area contributed by atoms with Gasteiger partial charge >= 0.3 is 0 Å². The number of hydrogen-bond acceptors (Lipinski definition) is 5. The fraction of sp³-hybridized carbons (Fsp3) is 0.263. The molecule has 6 nitrogen and oxygen atoms in total. The molecule has 7 heteroatoms. The van der Waals surface area contributed by atoms with E-state index >= 15 is 0 Å². The van der Waals surface area contributed by atoms with E-state index in [1.807, 2.05) is 13.8 Å². The summed E-state index contributed by atoms with van der Waals surface area (Å²) < 4.78 is 19.7. The first-order valence-electron chi connectivity index (χ1n) is 8.43. The van der Waals surface area contributed by atoms with Crippen LogP contribution in [0.25, 0.3) is 11.1 Å². The summed E-state index contributed by atoms with van der Waals surface area (Å²) in [6.45, 7) is 4.17. The van der Waals surface area contributed by atoms with Crippen LogP contribution in [0.3, 0.4) is 0 Å². The number of hydrogen-bond donors (Lipinski definition) is 1. The lowest BCUT2D eigenvalue weighted by molar-refractivity contribution is 0.0946. The van der Waals surface area contributed by atoms with Gasteiger partial charge < -0.3 is 9.84 Å². The molecule has 0 spiro atoms. The number of aromatic nitrogens is 3. The van der Waals surface area contributed by atoms with Gasteiger partial charge in [0.05, 0.1) is 11.3 Å². The Morgan fingerprint density at radius 2 is 1.92 bits per heavy atom. The van der Waals surface area contributed by atoms with Gasteiger partial charge in [0.1, 0.15) is 17.9 Å². The van der Waals surface area contributed by atoms with Gasteiger partial charge in [0.2, 0.25) is 0 Å². The summed E-state index contributed by atoms with van der Waals surface area (Å²) in [6.07, 6.45) is 5.97. The molecule has 0 aliphatic rings. The molecule has 134 valence electrons. The lowest BCUT2D eigenvalue weighted by atomic mass is 10.1. The zero-order valence-corrected chi connectivity index (χ0v) is 14.6. The van der Waals surface area contributed by atoms with E-state index in [2.05, 4.69) is 20.4 Å². The fourth-order valence-electron chi connectivity index (χ4n) is 2.73. The molecular formula is C19H19FN4O2. The minimum atomic E-state index is -0.597. The highest BCUT2D eigenvalue weighted by Crippen LogP contribution is 2.21. The molecule has 0 aliphatic heterocycles. The van der Waals surface area contributed by atoms with Crippen molar-refractivity contribution >= 4 is 5.91 Å². The van der Waals surface area contributed by atoms with Gasteiger partial charge in [0.25, 0.3) is 5.91 Å². The standard InChI is InChI=1S/C19H19FN4O2/c1-3-17-15(18(4-2)26-24-17)10-23-19(25)14-6-5-12(7-16(14)20)13-8-21-11-22-9-13/h5-9,11H,3-4,10H2,1-2H3,(H,23,25). The van der Waals surface area contributed by atoms with Crippen molar-refractivity contribution in [2.24, 2.45) is 0 Å². The SMILES string of the molecule is CCc1noc(CC)c1CNC(=O)c1ccc(-c2cncnc2)cc1F. The monoisotopic (exact) mass is 354 g/mol. The number of amides is 1. The van der Waals surface area contributed by atoms with Crippen LogP contribution < -0.4 is 5.32 Å². The van der Waals surface area contributed by atoms with E-state index in [0.29, 0.717) is 24.0 Å². The van der Waals surface area contributed by atoms with Crippen LogP contribution in [-0.2, 0) is 19.4 Å². The second-order valence-electron chi connectivity index (χ2n) is 5.74. The highest BCUT2D eigenvalue weighted by Gasteiger charge is 2.17. The zero-order valence-electron chi connectivity index (χ0n) is 14.6. The maximum atomic E-state index is 14.4. The molecule has 0 fully saturated rings. The van der Waals surface area contributed by atoms with Gasteiger partial charge in [-0.2, -0.15) is 0 Å². The number of nitrogens with zero attached hydrogens (tertiary/aromatic N) is 3.